The molecule has 0 amide bonds. The van der Waals surface area contributed by atoms with Crippen LogP contribution >= 0.6 is 0 Å². The number of nitrogens with one attached hydrogen (secondary N) is 2. The molecule has 3 aliphatic rings. The molecule has 4 heterocycles. The normalized spacial score (nSPS) is 18.5. The zero-order valence-corrected chi connectivity index (χ0v) is 24.1. The molecule has 0 unspecified atom stereocenters. The summed E-state index contributed by atoms with van der Waals surface area (Å²) in [7, 11) is 0. The van der Waals surface area contributed by atoms with Gasteiger partial charge in [0.15, 0.2) is 0 Å². The van der Waals surface area contributed by atoms with Crippen molar-refractivity contribution in [2.75, 3.05) is 37.7 Å². The molecule has 2 N–H and O–H groups in total. The summed E-state index contributed by atoms with van der Waals surface area (Å²) in [6.07, 6.45) is 4.51. The molecule has 216 valence electrons. The van der Waals surface area contributed by atoms with E-state index in [9.17, 15) is 4.79 Å². The second kappa shape index (κ2) is 13.8. The number of rotatable bonds is 3. The first-order valence-electron chi connectivity index (χ1n) is 15.1. The average Bonchev–Trinajstić information content (AvgIpc) is 3.04. The van der Waals surface area contributed by atoms with Gasteiger partial charge in [0.25, 0.3) is 0 Å². The largest absolute Gasteiger partial charge is 0.378 e. The lowest BCUT2D eigenvalue weighted by molar-refractivity contribution is -0.121. The number of hydrogen-bond donors (Lipinski definition) is 2. The monoisotopic (exact) mass is 561 g/mol. The van der Waals surface area contributed by atoms with Crippen molar-refractivity contribution in [3.63, 3.8) is 0 Å². The molecule has 7 rings (SSSR count). The average molecular weight is 562 g/mol. The van der Waals surface area contributed by atoms with E-state index in [1.807, 2.05) is 30.5 Å². The Morgan fingerprint density at radius 2 is 1.71 bits per heavy atom. The van der Waals surface area contributed by atoms with Crippen molar-refractivity contribution in [3.05, 3.63) is 113 Å². The van der Waals surface area contributed by atoms with Gasteiger partial charge in [0, 0.05) is 56.5 Å². The Labute approximate surface area is 248 Å². The van der Waals surface area contributed by atoms with Gasteiger partial charge < -0.3 is 20.3 Å². The summed E-state index contributed by atoms with van der Waals surface area (Å²) in [6.45, 7) is 5.33. The Hall–Kier alpha value is -3.91. The van der Waals surface area contributed by atoms with E-state index in [0.29, 0.717) is 25.8 Å². The van der Waals surface area contributed by atoms with Crippen molar-refractivity contribution in [3.8, 4) is 11.3 Å². The number of morpholine rings is 1. The minimum Gasteiger partial charge on any atom is -0.378 e. The maximum atomic E-state index is 13.6. The quantitative estimate of drug-likeness (QED) is 0.375. The number of Topliss-reactive ketones (excluding diaryl/α,β-unsaturated/α-hetero) is 1. The van der Waals surface area contributed by atoms with Crippen LogP contribution in [0.4, 0.5) is 5.69 Å². The standard InChI is InChI=1S/C35H39N5O2/c41-34-7-4-15-36-24-27-8-11-29(12-9-27)31-14-16-37-35(39-31)23-28-10-13-33(40-17-19-42-20-18-40)30(21-28)25-38-32(34)22-26-5-2-1-3-6-26/h1-3,5-6,8-14,16,21,32,36,38H,4,7,15,17-20,22-25H2/t32-/m0/s1. The van der Waals surface area contributed by atoms with Gasteiger partial charge in [-0.15, -0.1) is 0 Å². The zero-order valence-electron chi connectivity index (χ0n) is 24.1. The van der Waals surface area contributed by atoms with Crippen LogP contribution < -0.4 is 15.5 Å². The van der Waals surface area contributed by atoms with Gasteiger partial charge in [0.2, 0.25) is 0 Å². The van der Waals surface area contributed by atoms with Crippen LogP contribution in [0.5, 0.6) is 0 Å². The number of fused-ring (bicyclic) bond motifs is 10. The number of carbonyl (C=O) groups is 1. The predicted molar refractivity (Wildman–Crippen MR) is 166 cm³/mol. The predicted octanol–water partition coefficient (Wildman–Crippen LogP) is 4.72. The number of hydrogen-bond acceptors (Lipinski definition) is 7. The molecule has 1 atom stereocenters. The first-order valence-corrected chi connectivity index (χ1v) is 15.1. The molecule has 42 heavy (non-hydrogen) atoms. The third kappa shape index (κ3) is 7.29. The number of ether oxygens (including phenoxy) is 1. The lowest BCUT2D eigenvalue weighted by Crippen LogP contribution is -2.40. The first-order chi connectivity index (χ1) is 20.7. The molecule has 7 heteroatoms. The van der Waals surface area contributed by atoms with Gasteiger partial charge in [0.05, 0.1) is 24.9 Å². The second-order valence-electron chi connectivity index (χ2n) is 11.2. The van der Waals surface area contributed by atoms with Gasteiger partial charge >= 0.3 is 0 Å². The molecule has 0 saturated carbocycles. The molecule has 7 nitrogen and oxygen atoms in total. The van der Waals surface area contributed by atoms with E-state index in [4.69, 9.17) is 9.72 Å². The van der Waals surface area contributed by atoms with Crippen molar-refractivity contribution in [2.24, 2.45) is 0 Å². The molecule has 3 aliphatic heterocycles. The Morgan fingerprint density at radius 1 is 0.905 bits per heavy atom. The van der Waals surface area contributed by atoms with Crippen LogP contribution in [-0.2, 0) is 35.5 Å². The van der Waals surface area contributed by atoms with Gasteiger partial charge in [-0.3, -0.25) is 4.79 Å². The summed E-state index contributed by atoms with van der Waals surface area (Å²) in [5.74, 6) is 1.05. The molecule has 1 fully saturated rings. The summed E-state index contributed by atoms with van der Waals surface area (Å²) >= 11 is 0. The second-order valence-corrected chi connectivity index (χ2v) is 11.2. The Morgan fingerprint density at radius 3 is 2.55 bits per heavy atom. The summed E-state index contributed by atoms with van der Waals surface area (Å²) < 4.78 is 5.63. The van der Waals surface area contributed by atoms with Crippen LogP contribution in [0.1, 0.15) is 40.9 Å². The maximum Gasteiger partial charge on any atom is 0.150 e. The SMILES string of the molecule is O=C1CCCNCc2ccc(cc2)-c2ccnc(n2)Cc2ccc(N3CCOCC3)c(c2)CN[C@H]1Cc1ccccc1. The minimum atomic E-state index is -0.258. The summed E-state index contributed by atoms with van der Waals surface area (Å²) in [6, 6.07) is 27.2. The van der Waals surface area contributed by atoms with Gasteiger partial charge in [-0.1, -0.05) is 66.7 Å². The van der Waals surface area contributed by atoms with E-state index in [1.54, 1.807) is 0 Å². The van der Waals surface area contributed by atoms with Gasteiger partial charge in [-0.2, -0.15) is 0 Å². The molecular weight excluding hydrogens is 522 g/mol. The number of ketones is 1. The van der Waals surface area contributed by atoms with Crippen LogP contribution in [0.2, 0.25) is 0 Å². The first kappa shape index (κ1) is 28.2. The molecule has 1 aromatic heterocycles. The van der Waals surface area contributed by atoms with Crippen molar-refractivity contribution in [2.45, 2.75) is 44.8 Å². The topological polar surface area (TPSA) is 79.4 Å². The third-order valence-corrected chi connectivity index (χ3v) is 8.13. The van der Waals surface area contributed by atoms with Gasteiger partial charge in [0.1, 0.15) is 11.6 Å². The van der Waals surface area contributed by atoms with Crippen molar-refractivity contribution < 1.29 is 9.53 Å². The lowest BCUT2D eigenvalue weighted by Gasteiger charge is -2.31. The van der Waals surface area contributed by atoms with Crippen molar-refractivity contribution in [1.29, 1.82) is 0 Å². The van der Waals surface area contributed by atoms with Gasteiger partial charge in [-0.05, 0) is 53.8 Å². The highest BCUT2D eigenvalue weighted by atomic mass is 16.5. The fourth-order valence-electron chi connectivity index (χ4n) is 5.80. The van der Waals surface area contributed by atoms with E-state index in [1.165, 1.54) is 22.4 Å². The molecule has 0 aliphatic carbocycles. The fraction of sp³-hybridized carbons (Fsp3) is 0.343. The number of carbonyl (C=O) groups excluding carboxylic acids is 1. The Kier molecular flexibility index (Phi) is 9.30. The molecular formula is C35H39N5O2. The maximum absolute atomic E-state index is 13.6. The zero-order chi connectivity index (χ0) is 28.6. The van der Waals surface area contributed by atoms with Crippen LogP contribution in [-0.4, -0.2) is 54.6 Å². The van der Waals surface area contributed by atoms with Crippen LogP contribution in [0.15, 0.2) is 85.1 Å². The van der Waals surface area contributed by atoms with Crippen LogP contribution in [0.3, 0.4) is 0 Å². The number of nitrogens with zero attached hydrogens (tertiary/aromatic N) is 3. The van der Waals surface area contributed by atoms with E-state index in [-0.39, 0.29) is 11.8 Å². The Balaban J connectivity index is 1.32. The molecule has 4 aromatic rings. The van der Waals surface area contributed by atoms with Crippen LogP contribution in [0, 0.1) is 0 Å². The summed E-state index contributed by atoms with van der Waals surface area (Å²) in [5, 5.41) is 7.18. The number of anilines is 1. The van der Waals surface area contributed by atoms with E-state index in [2.05, 4.69) is 75.1 Å². The summed E-state index contributed by atoms with van der Waals surface area (Å²) in [5.41, 5.74) is 7.93. The lowest BCUT2D eigenvalue weighted by atomic mass is 9.98. The number of benzene rings is 3. The highest BCUT2D eigenvalue weighted by Crippen LogP contribution is 2.25. The molecule has 0 spiro atoms. The Bertz CT molecular complexity index is 1470. The van der Waals surface area contributed by atoms with Gasteiger partial charge in [-0.25, -0.2) is 9.97 Å². The molecule has 6 bridgehead atoms. The van der Waals surface area contributed by atoms with Crippen LogP contribution in [0.25, 0.3) is 11.3 Å². The van der Waals surface area contributed by atoms with Crippen molar-refractivity contribution >= 4 is 11.5 Å². The summed E-state index contributed by atoms with van der Waals surface area (Å²) in [4.78, 5) is 25.5. The van der Waals surface area contributed by atoms with E-state index < -0.39 is 0 Å². The van der Waals surface area contributed by atoms with E-state index >= 15 is 0 Å². The number of aromatic nitrogens is 2. The molecule has 1 saturated heterocycles. The minimum absolute atomic E-state index is 0.258. The van der Waals surface area contributed by atoms with E-state index in [0.717, 1.165) is 68.5 Å². The molecule has 3 aromatic carbocycles. The highest BCUT2D eigenvalue weighted by Gasteiger charge is 2.21. The smallest absolute Gasteiger partial charge is 0.150 e. The molecule has 0 radical (unpaired) electrons. The van der Waals surface area contributed by atoms with Crippen molar-refractivity contribution in [1.82, 2.24) is 20.6 Å². The fourth-order valence-corrected chi connectivity index (χ4v) is 5.80. The highest BCUT2D eigenvalue weighted by molar-refractivity contribution is 5.84. The third-order valence-electron chi connectivity index (χ3n) is 8.13.